The Morgan fingerprint density at radius 1 is 1.05 bits per heavy atom. The number of carbonyl (C=O) groups excluding carboxylic acids is 1. The molecule has 0 amide bonds. The third kappa shape index (κ3) is 2.53. The van der Waals surface area contributed by atoms with Crippen molar-refractivity contribution >= 4 is 12.1 Å². The van der Waals surface area contributed by atoms with E-state index >= 15 is 0 Å². The standard InChI is InChI=1S/C17H15NO4/c1-20-16(19)21-15-12-17(22-18-15,13-8-4-2-5-9-13)14-10-6-3-7-11-14/h2-11H,12H2,1H3. The van der Waals surface area contributed by atoms with Crippen LogP contribution in [-0.2, 0) is 19.9 Å². The number of hydrogen-bond donors (Lipinski definition) is 0. The maximum atomic E-state index is 11.3. The lowest BCUT2D eigenvalue weighted by Gasteiger charge is -2.27. The molecule has 0 radical (unpaired) electrons. The highest BCUT2D eigenvalue weighted by Crippen LogP contribution is 2.41. The van der Waals surface area contributed by atoms with Crippen molar-refractivity contribution in [3.63, 3.8) is 0 Å². The van der Waals surface area contributed by atoms with Crippen LogP contribution in [0.1, 0.15) is 17.5 Å². The highest BCUT2D eigenvalue weighted by molar-refractivity contribution is 5.87. The van der Waals surface area contributed by atoms with Crippen LogP contribution in [0.25, 0.3) is 0 Å². The molecule has 0 N–H and O–H groups in total. The molecular formula is C17H15NO4. The second-order valence-corrected chi connectivity index (χ2v) is 4.87. The summed E-state index contributed by atoms with van der Waals surface area (Å²) in [6.07, 6.45) is -0.491. The molecule has 0 aliphatic carbocycles. The maximum Gasteiger partial charge on any atom is 0.514 e. The first-order valence-corrected chi connectivity index (χ1v) is 6.86. The number of hydrogen-bond acceptors (Lipinski definition) is 5. The molecule has 0 saturated carbocycles. The number of nitrogens with zero attached hydrogens (tertiary/aromatic N) is 1. The number of rotatable bonds is 2. The molecule has 5 heteroatoms. The molecule has 0 saturated heterocycles. The smallest absolute Gasteiger partial charge is 0.437 e. The first-order chi connectivity index (χ1) is 10.7. The van der Waals surface area contributed by atoms with E-state index in [0.717, 1.165) is 11.1 Å². The van der Waals surface area contributed by atoms with Crippen LogP contribution in [0.2, 0.25) is 0 Å². The Morgan fingerprint density at radius 3 is 2.09 bits per heavy atom. The summed E-state index contributed by atoms with van der Waals surface area (Å²) in [6, 6.07) is 19.4. The molecule has 0 unspecified atom stereocenters. The normalized spacial score (nSPS) is 15.6. The number of methoxy groups -OCH3 is 1. The van der Waals surface area contributed by atoms with Crippen LogP contribution < -0.4 is 0 Å². The lowest BCUT2D eigenvalue weighted by molar-refractivity contribution is 0.0111. The lowest BCUT2D eigenvalue weighted by atomic mass is 9.84. The Bertz CT molecular complexity index is 643. The summed E-state index contributed by atoms with van der Waals surface area (Å²) in [7, 11) is 1.25. The summed E-state index contributed by atoms with van der Waals surface area (Å²) in [5.41, 5.74) is 1.08. The van der Waals surface area contributed by atoms with Gasteiger partial charge < -0.3 is 14.3 Å². The van der Waals surface area contributed by atoms with Crippen molar-refractivity contribution < 1.29 is 19.1 Å². The number of oxime groups is 1. The minimum atomic E-state index is -0.806. The Morgan fingerprint density at radius 2 is 1.59 bits per heavy atom. The minimum absolute atomic E-state index is 0.194. The van der Waals surface area contributed by atoms with Crippen molar-refractivity contribution in [1.29, 1.82) is 0 Å². The Hall–Kier alpha value is -2.82. The van der Waals surface area contributed by atoms with E-state index in [1.807, 2.05) is 60.7 Å². The van der Waals surface area contributed by atoms with Gasteiger partial charge in [0.05, 0.1) is 13.5 Å². The molecular weight excluding hydrogens is 282 g/mol. The molecule has 0 fully saturated rings. The molecule has 0 atom stereocenters. The molecule has 0 bridgehead atoms. The first-order valence-electron chi connectivity index (χ1n) is 6.86. The van der Waals surface area contributed by atoms with Crippen molar-refractivity contribution in [1.82, 2.24) is 0 Å². The summed E-state index contributed by atoms with van der Waals surface area (Å²) in [5, 5.41) is 3.92. The molecule has 2 aromatic carbocycles. The van der Waals surface area contributed by atoms with Crippen LogP contribution in [0, 0.1) is 0 Å². The topological polar surface area (TPSA) is 57.1 Å². The van der Waals surface area contributed by atoms with Crippen molar-refractivity contribution in [3.05, 3.63) is 71.8 Å². The van der Waals surface area contributed by atoms with Gasteiger partial charge in [-0.3, -0.25) is 0 Å². The highest BCUT2D eigenvalue weighted by atomic mass is 16.7. The van der Waals surface area contributed by atoms with Gasteiger partial charge in [0.25, 0.3) is 0 Å². The van der Waals surface area contributed by atoms with Gasteiger partial charge in [0.1, 0.15) is 0 Å². The molecule has 5 nitrogen and oxygen atoms in total. The molecule has 3 rings (SSSR count). The molecule has 1 aliphatic rings. The summed E-state index contributed by atoms with van der Waals surface area (Å²) in [4.78, 5) is 17.0. The quantitative estimate of drug-likeness (QED) is 0.797. The van der Waals surface area contributed by atoms with Crippen molar-refractivity contribution in [2.24, 2.45) is 5.16 Å². The zero-order chi connectivity index (χ0) is 15.4. The molecule has 1 aliphatic heterocycles. The first kappa shape index (κ1) is 14.1. The maximum absolute atomic E-state index is 11.3. The van der Waals surface area contributed by atoms with Gasteiger partial charge in [-0.2, -0.15) is 0 Å². The van der Waals surface area contributed by atoms with Crippen LogP contribution in [0.4, 0.5) is 4.79 Å². The molecule has 112 valence electrons. The van der Waals surface area contributed by atoms with Gasteiger partial charge in [-0.15, -0.1) is 0 Å². The molecule has 0 spiro atoms. The number of benzene rings is 2. The average Bonchev–Trinajstić information content (AvgIpc) is 3.01. The summed E-state index contributed by atoms with van der Waals surface area (Å²) in [5.74, 6) is 0.194. The van der Waals surface area contributed by atoms with E-state index in [-0.39, 0.29) is 5.90 Å². The fourth-order valence-corrected chi connectivity index (χ4v) is 2.49. The van der Waals surface area contributed by atoms with E-state index in [1.54, 1.807) is 0 Å². The van der Waals surface area contributed by atoms with E-state index < -0.39 is 11.8 Å². The van der Waals surface area contributed by atoms with Gasteiger partial charge in [-0.25, -0.2) is 4.79 Å². The van der Waals surface area contributed by atoms with Crippen LogP contribution in [0.15, 0.2) is 65.8 Å². The summed E-state index contributed by atoms with van der Waals surface area (Å²) >= 11 is 0. The van der Waals surface area contributed by atoms with Gasteiger partial charge in [0.2, 0.25) is 5.90 Å². The van der Waals surface area contributed by atoms with E-state index in [9.17, 15) is 4.79 Å². The monoisotopic (exact) mass is 297 g/mol. The fourth-order valence-electron chi connectivity index (χ4n) is 2.49. The van der Waals surface area contributed by atoms with Crippen molar-refractivity contribution in [2.75, 3.05) is 7.11 Å². The predicted octanol–water partition coefficient (Wildman–Crippen LogP) is 3.45. The number of carbonyl (C=O) groups is 1. The number of ether oxygens (including phenoxy) is 2. The van der Waals surface area contributed by atoms with Crippen molar-refractivity contribution in [3.8, 4) is 0 Å². The highest BCUT2D eigenvalue weighted by Gasteiger charge is 2.44. The predicted molar refractivity (Wildman–Crippen MR) is 80.3 cm³/mol. The second kappa shape index (κ2) is 5.89. The molecule has 2 aromatic rings. The van der Waals surface area contributed by atoms with Crippen LogP contribution >= 0.6 is 0 Å². The lowest BCUT2D eigenvalue weighted by Crippen LogP contribution is -2.28. The van der Waals surface area contributed by atoms with E-state index in [0.29, 0.717) is 6.42 Å². The molecule has 1 heterocycles. The Kier molecular flexibility index (Phi) is 3.78. The third-order valence-corrected chi connectivity index (χ3v) is 3.55. The van der Waals surface area contributed by atoms with E-state index in [2.05, 4.69) is 9.89 Å². The summed E-state index contributed by atoms with van der Waals surface area (Å²) in [6.45, 7) is 0. The average molecular weight is 297 g/mol. The molecule has 0 aromatic heterocycles. The van der Waals surface area contributed by atoms with Crippen LogP contribution in [-0.4, -0.2) is 19.2 Å². The fraction of sp³-hybridized carbons (Fsp3) is 0.176. The SMILES string of the molecule is COC(=O)OC1=NOC(c2ccccc2)(c2ccccc2)C1. The van der Waals surface area contributed by atoms with Gasteiger partial charge in [0, 0.05) is 11.1 Å². The van der Waals surface area contributed by atoms with Gasteiger partial charge in [0.15, 0.2) is 5.60 Å². The minimum Gasteiger partial charge on any atom is -0.437 e. The van der Waals surface area contributed by atoms with Gasteiger partial charge >= 0.3 is 6.16 Å². The van der Waals surface area contributed by atoms with E-state index in [1.165, 1.54) is 7.11 Å². The zero-order valence-corrected chi connectivity index (χ0v) is 12.1. The van der Waals surface area contributed by atoms with E-state index in [4.69, 9.17) is 9.57 Å². The largest absolute Gasteiger partial charge is 0.514 e. The van der Waals surface area contributed by atoms with Gasteiger partial charge in [-0.1, -0.05) is 60.7 Å². The Labute approximate surface area is 128 Å². The zero-order valence-electron chi connectivity index (χ0n) is 12.1. The summed E-state index contributed by atoms with van der Waals surface area (Å²) < 4.78 is 9.52. The van der Waals surface area contributed by atoms with Crippen LogP contribution in [0.3, 0.4) is 0 Å². The molecule has 22 heavy (non-hydrogen) atoms. The van der Waals surface area contributed by atoms with Crippen molar-refractivity contribution in [2.45, 2.75) is 12.0 Å². The van der Waals surface area contributed by atoms with Gasteiger partial charge in [-0.05, 0) is 5.16 Å². The van der Waals surface area contributed by atoms with Crippen LogP contribution in [0.5, 0.6) is 0 Å². The third-order valence-electron chi connectivity index (χ3n) is 3.55. The second-order valence-electron chi connectivity index (χ2n) is 4.87. The Balaban J connectivity index is 1.96.